The molecule has 0 aromatic heterocycles. The van der Waals surface area contributed by atoms with E-state index in [4.69, 9.17) is 10.5 Å². The first kappa shape index (κ1) is 17.0. The molecule has 1 aliphatic rings. The number of benzene rings is 3. The Balaban J connectivity index is 1.41. The summed E-state index contributed by atoms with van der Waals surface area (Å²) in [6, 6.07) is 23.6. The molecule has 4 rings (SSSR count). The van der Waals surface area contributed by atoms with Gasteiger partial charge in [-0.3, -0.25) is 4.79 Å². The maximum atomic E-state index is 11.4. The normalized spacial score (nSPS) is 14.7. The molecule has 0 radical (unpaired) electrons. The molecule has 1 amide bonds. The number of hydrogen-bond donors (Lipinski definition) is 3. The number of anilines is 2. The topological polar surface area (TPSA) is 76.4 Å². The van der Waals surface area contributed by atoms with Crippen molar-refractivity contribution < 1.29 is 9.53 Å². The van der Waals surface area contributed by atoms with E-state index in [0.29, 0.717) is 5.56 Å². The molecule has 0 aliphatic carbocycles. The lowest BCUT2D eigenvalue weighted by Crippen LogP contribution is -2.14. The number of primary amides is 1. The Morgan fingerprint density at radius 1 is 1.04 bits per heavy atom. The standard InChI is InChI=1S/C22H21N3O2/c23-21(26)16-7-4-8-17(13-16)22-25-19-10-9-18(14-20(19)27-22)24-12-11-15-5-2-1-3-6-15/h1-10,13-14,22,24-25H,11-12H2,(H2,23,26). The summed E-state index contributed by atoms with van der Waals surface area (Å²) >= 11 is 0. The van der Waals surface area contributed by atoms with Crippen molar-refractivity contribution in [2.45, 2.75) is 12.6 Å². The van der Waals surface area contributed by atoms with Crippen molar-refractivity contribution in [2.75, 3.05) is 17.2 Å². The van der Waals surface area contributed by atoms with Crippen LogP contribution in [0.5, 0.6) is 5.75 Å². The van der Waals surface area contributed by atoms with Crippen LogP contribution in [0.15, 0.2) is 72.8 Å². The average Bonchev–Trinajstić information content (AvgIpc) is 3.12. The average molecular weight is 359 g/mol. The largest absolute Gasteiger partial charge is 0.464 e. The van der Waals surface area contributed by atoms with E-state index in [0.717, 1.165) is 35.7 Å². The van der Waals surface area contributed by atoms with Gasteiger partial charge in [-0.25, -0.2) is 0 Å². The van der Waals surface area contributed by atoms with E-state index in [9.17, 15) is 4.79 Å². The molecular weight excluding hydrogens is 338 g/mol. The number of amides is 1. The van der Waals surface area contributed by atoms with E-state index in [1.54, 1.807) is 18.2 Å². The van der Waals surface area contributed by atoms with Gasteiger partial charge in [-0.1, -0.05) is 42.5 Å². The van der Waals surface area contributed by atoms with Crippen molar-refractivity contribution in [3.05, 3.63) is 89.5 Å². The summed E-state index contributed by atoms with van der Waals surface area (Å²) in [5.74, 6) is 0.339. The van der Waals surface area contributed by atoms with Crippen LogP contribution in [0.25, 0.3) is 0 Å². The zero-order chi connectivity index (χ0) is 18.6. The second-order valence-electron chi connectivity index (χ2n) is 6.51. The Morgan fingerprint density at radius 3 is 2.70 bits per heavy atom. The highest BCUT2D eigenvalue weighted by Crippen LogP contribution is 2.39. The van der Waals surface area contributed by atoms with Gasteiger partial charge in [0.2, 0.25) is 5.91 Å². The predicted molar refractivity (Wildman–Crippen MR) is 107 cm³/mol. The molecule has 1 atom stereocenters. The second-order valence-corrected chi connectivity index (χ2v) is 6.51. The summed E-state index contributed by atoms with van der Waals surface area (Å²) in [5.41, 5.74) is 9.94. The quantitative estimate of drug-likeness (QED) is 0.623. The van der Waals surface area contributed by atoms with Crippen molar-refractivity contribution in [3.63, 3.8) is 0 Å². The zero-order valence-electron chi connectivity index (χ0n) is 14.8. The molecule has 3 aromatic carbocycles. The molecule has 0 bridgehead atoms. The van der Waals surface area contributed by atoms with Crippen molar-refractivity contribution in [1.29, 1.82) is 0 Å². The Morgan fingerprint density at radius 2 is 1.89 bits per heavy atom. The molecule has 0 spiro atoms. The fourth-order valence-corrected chi connectivity index (χ4v) is 3.15. The van der Waals surface area contributed by atoms with Gasteiger partial charge in [0.25, 0.3) is 0 Å². The molecule has 0 fully saturated rings. The van der Waals surface area contributed by atoms with E-state index in [1.807, 2.05) is 30.3 Å². The molecule has 27 heavy (non-hydrogen) atoms. The Labute approximate surface area is 158 Å². The summed E-state index contributed by atoms with van der Waals surface area (Å²) in [4.78, 5) is 11.4. The van der Waals surface area contributed by atoms with Crippen molar-refractivity contribution in [3.8, 4) is 5.75 Å². The van der Waals surface area contributed by atoms with Crippen LogP contribution >= 0.6 is 0 Å². The fourth-order valence-electron chi connectivity index (χ4n) is 3.15. The monoisotopic (exact) mass is 359 g/mol. The molecule has 0 saturated heterocycles. The van der Waals surface area contributed by atoms with Crippen molar-refractivity contribution in [1.82, 2.24) is 0 Å². The molecule has 5 heteroatoms. The first-order chi connectivity index (χ1) is 13.2. The van der Waals surface area contributed by atoms with Gasteiger partial charge in [-0.2, -0.15) is 0 Å². The molecule has 3 aromatic rings. The van der Waals surface area contributed by atoms with Crippen LogP contribution in [-0.4, -0.2) is 12.5 Å². The molecule has 1 unspecified atom stereocenters. The Bertz CT molecular complexity index is 957. The van der Waals surface area contributed by atoms with Crippen molar-refractivity contribution >= 4 is 17.3 Å². The maximum Gasteiger partial charge on any atom is 0.248 e. The minimum absolute atomic E-state index is 0.334. The minimum Gasteiger partial charge on any atom is -0.464 e. The number of nitrogens with two attached hydrogens (primary N) is 1. The van der Waals surface area contributed by atoms with Crippen LogP contribution in [0.3, 0.4) is 0 Å². The third-order valence-corrected chi connectivity index (χ3v) is 4.57. The van der Waals surface area contributed by atoms with Gasteiger partial charge in [0, 0.05) is 29.4 Å². The van der Waals surface area contributed by atoms with Crippen LogP contribution in [0.2, 0.25) is 0 Å². The summed E-state index contributed by atoms with van der Waals surface area (Å²) < 4.78 is 6.03. The van der Waals surface area contributed by atoms with Gasteiger partial charge in [0.1, 0.15) is 5.75 Å². The molecule has 5 nitrogen and oxygen atoms in total. The number of fused-ring (bicyclic) bond motifs is 1. The third kappa shape index (κ3) is 3.87. The number of carbonyl (C=O) groups is 1. The number of hydrogen-bond acceptors (Lipinski definition) is 4. The molecule has 0 saturated carbocycles. The van der Waals surface area contributed by atoms with Gasteiger partial charge >= 0.3 is 0 Å². The second kappa shape index (κ2) is 7.41. The molecule has 136 valence electrons. The lowest BCUT2D eigenvalue weighted by atomic mass is 10.1. The summed E-state index contributed by atoms with van der Waals surface area (Å²) in [6.45, 7) is 0.848. The van der Waals surface area contributed by atoms with Gasteiger partial charge in [0.15, 0.2) is 6.23 Å². The fraction of sp³-hybridized carbons (Fsp3) is 0.136. The van der Waals surface area contributed by atoms with Gasteiger partial charge in [-0.15, -0.1) is 0 Å². The Hall–Kier alpha value is -3.47. The van der Waals surface area contributed by atoms with Gasteiger partial charge in [0.05, 0.1) is 5.69 Å². The number of rotatable bonds is 6. The van der Waals surface area contributed by atoms with Gasteiger partial charge < -0.3 is 21.1 Å². The molecule has 1 aliphatic heterocycles. The minimum atomic E-state index is -0.447. The number of carbonyl (C=O) groups excluding carboxylic acids is 1. The van der Waals surface area contributed by atoms with E-state index in [2.05, 4.69) is 34.9 Å². The summed E-state index contributed by atoms with van der Waals surface area (Å²) in [5, 5.41) is 6.76. The highest BCUT2D eigenvalue weighted by atomic mass is 16.5. The van der Waals surface area contributed by atoms with E-state index in [-0.39, 0.29) is 6.23 Å². The first-order valence-electron chi connectivity index (χ1n) is 8.94. The third-order valence-electron chi connectivity index (χ3n) is 4.57. The lowest BCUT2D eigenvalue weighted by Gasteiger charge is -2.12. The first-order valence-corrected chi connectivity index (χ1v) is 8.94. The highest BCUT2D eigenvalue weighted by Gasteiger charge is 2.24. The summed E-state index contributed by atoms with van der Waals surface area (Å²) in [7, 11) is 0. The molecule has 4 N–H and O–H groups in total. The lowest BCUT2D eigenvalue weighted by molar-refractivity contribution is 0.1000. The van der Waals surface area contributed by atoms with E-state index >= 15 is 0 Å². The van der Waals surface area contributed by atoms with Gasteiger partial charge in [-0.05, 0) is 36.2 Å². The van der Waals surface area contributed by atoms with Crippen LogP contribution < -0.4 is 21.1 Å². The van der Waals surface area contributed by atoms with Crippen LogP contribution in [0.1, 0.15) is 27.7 Å². The van der Waals surface area contributed by atoms with Crippen LogP contribution in [-0.2, 0) is 6.42 Å². The summed E-state index contributed by atoms with van der Waals surface area (Å²) in [6.07, 6.45) is 0.624. The predicted octanol–water partition coefficient (Wildman–Crippen LogP) is 3.94. The van der Waals surface area contributed by atoms with E-state index < -0.39 is 5.91 Å². The Kier molecular flexibility index (Phi) is 4.66. The number of nitrogens with one attached hydrogen (secondary N) is 2. The maximum absolute atomic E-state index is 11.4. The zero-order valence-corrected chi connectivity index (χ0v) is 14.8. The van der Waals surface area contributed by atoms with Crippen molar-refractivity contribution in [2.24, 2.45) is 5.73 Å². The van der Waals surface area contributed by atoms with Crippen LogP contribution in [0.4, 0.5) is 11.4 Å². The molecule has 1 heterocycles. The van der Waals surface area contributed by atoms with E-state index in [1.165, 1.54) is 5.56 Å². The highest BCUT2D eigenvalue weighted by molar-refractivity contribution is 5.93. The SMILES string of the molecule is NC(=O)c1cccc(C2Nc3ccc(NCCc4ccccc4)cc3O2)c1. The van der Waals surface area contributed by atoms with Crippen LogP contribution in [0, 0.1) is 0 Å². The smallest absolute Gasteiger partial charge is 0.248 e. The molecular formula is C22H21N3O2. The number of ether oxygens (including phenoxy) is 1.